The van der Waals surface area contributed by atoms with Crippen molar-refractivity contribution in [3.05, 3.63) is 58.9 Å². The molecule has 1 heterocycles. The van der Waals surface area contributed by atoms with E-state index in [4.69, 9.17) is 21.1 Å². The summed E-state index contributed by atoms with van der Waals surface area (Å²) in [5.74, 6) is -0.0723. The van der Waals surface area contributed by atoms with E-state index in [-0.39, 0.29) is 31.2 Å². The van der Waals surface area contributed by atoms with Crippen molar-refractivity contribution in [1.29, 1.82) is 0 Å². The van der Waals surface area contributed by atoms with Gasteiger partial charge in [-0.15, -0.1) is 0 Å². The van der Waals surface area contributed by atoms with Crippen LogP contribution in [0.2, 0.25) is 5.02 Å². The number of cyclic esters (lactones) is 1. The molecular formula is C19H18ClFN2O4. The lowest BCUT2D eigenvalue weighted by molar-refractivity contribution is -0.120. The molecule has 1 N–H and O–H groups in total. The Morgan fingerprint density at radius 1 is 1.33 bits per heavy atom. The van der Waals surface area contributed by atoms with Crippen LogP contribution in [0.3, 0.4) is 0 Å². The van der Waals surface area contributed by atoms with E-state index in [0.29, 0.717) is 22.0 Å². The number of anilines is 1. The lowest BCUT2D eigenvalue weighted by Gasteiger charge is -2.14. The highest BCUT2D eigenvalue weighted by molar-refractivity contribution is 6.32. The maximum Gasteiger partial charge on any atom is 0.414 e. The van der Waals surface area contributed by atoms with Crippen LogP contribution >= 0.6 is 11.6 Å². The second-order valence-electron chi connectivity index (χ2n) is 6.04. The fourth-order valence-corrected chi connectivity index (χ4v) is 2.99. The summed E-state index contributed by atoms with van der Waals surface area (Å²) in [4.78, 5) is 25.6. The summed E-state index contributed by atoms with van der Waals surface area (Å²) >= 11 is 6.10. The third-order valence-corrected chi connectivity index (χ3v) is 4.42. The first-order valence-corrected chi connectivity index (χ1v) is 8.67. The lowest BCUT2D eigenvalue weighted by Crippen LogP contribution is -2.35. The number of carbonyl (C=O) groups excluding carboxylic acids is 2. The van der Waals surface area contributed by atoms with Crippen LogP contribution in [0.25, 0.3) is 0 Å². The van der Waals surface area contributed by atoms with Gasteiger partial charge in [0, 0.05) is 5.69 Å². The van der Waals surface area contributed by atoms with Crippen LogP contribution < -0.4 is 15.0 Å². The molecule has 3 rings (SSSR count). The Bertz CT molecular complexity index is 844. The standard InChI is InChI=1S/C19H18ClFN2O4/c1-26-17-7-6-14(9-16(17)20)23-11-15(27-19(23)25)10-22-18(24)8-12-2-4-13(21)5-3-12/h2-7,9,15H,8,10-11H2,1H3,(H,22,24). The molecule has 2 amide bonds. The molecule has 6 nitrogen and oxygen atoms in total. The third kappa shape index (κ3) is 4.68. The Hall–Kier alpha value is -2.80. The van der Waals surface area contributed by atoms with Gasteiger partial charge in [0.15, 0.2) is 0 Å². The number of hydrogen-bond acceptors (Lipinski definition) is 4. The van der Waals surface area contributed by atoms with Gasteiger partial charge in [-0.2, -0.15) is 0 Å². The van der Waals surface area contributed by atoms with Gasteiger partial charge in [0.05, 0.1) is 31.6 Å². The molecular weight excluding hydrogens is 375 g/mol. The molecule has 27 heavy (non-hydrogen) atoms. The maximum atomic E-state index is 12.9. The number of benzene rings is 2. The minimum absolute atomic E-state index is 0.124. The van der Waals surface area contributed by atoms with Gasteiger partial charge in [-0.25, -0.2) is 9.18 Å². The Morgan fingerprint density at radius 3 is 2.74 bits per heavy atom. The average Bonchev–Trinajstić information content (AvgIpc) is 3.02. The van der Waals surface area contributed by atoms with E-state index >= 15 is 0 Å². The number of halogens is 2. The van der Waals surface area contributed by atoms with Crippen LogP contribution in [-0.4, -0.2) is 38.3 Å². The zero-order chi connectivity index (χ0) is 19.4. The SMILES string of the molecule is COc1ccc(N2CC(CNC(=O)Cc3ccc(F)cc3)OC2=O)cc1Cl. The van der Waals surface area contributed by atoms with Gasteiger partial charge in [0.2, 0.25) is 5.91 Å². The highest BCUT2D eigenvalue weighted by Gasteiger charge is 2.32. The van der Waals surface area contributed by atoms with Crippen LogP contribution in [0.5, 0.6) is 5.75 Å². The van der Waals surface area contributed by atoms with E-state index in [1.54, 1.807) is 30.3 Å². The molecule has 1 aliphatic rings. The molecule has 1 aliphatic heterocycles. The first kappa shape index (κ1) is 19.0. The molecule has 0 aromatic heterocycles. The fraction of sp³-hybridized carbons (Fsp3) is 0.263. The first-order valence-electron chi connectivity index (χ1n) is 8.29. The van der Waals surface area contributed by atoms with Crippen LogP contribution in [-0.2, 0) is 16.0 Å². The number of rotatable bonds is 6. The molecule has 0 spiro atoms. The van der Waals surface area contributed by atoms with Gasteiger partial charge in [-0.3, -0.25) is 9.69 Å². The largest absolute Gasteiger partial charge is 0.495 e. The Balaban J connectivity index is 1.53. The molecule has 1 unspecified atom stereocenters. The van der Waals surface area contributed by atoms with E-state index in [9.17, 15) is 14.0 Å². The number of amides is 2. The molecule has 0 radical (unpaired) electrons. The minimum Gasteiger partial charge on any atom is -0.495 e. The smallest absolute Gasteiger partial charge is 0.414 e. The minimum atomic E-state index is -0.506. The molecule has 142 valence electrons. The van der Waals surface area contributed by atoms with Crippen molar-refractivity contribution in [2.75, 3.05) is 25.1 Å². The summed E-state index contributed by atoms with van der Waals surface area (Å²) in [6.07, 6.45) is -0.858. The van der Waals surface area contributed by atoms with E-state index in [1.807, 2.05) is 0 Å². The molecule has 2 aromatic carbocycles. The van der Waals surface area contributed by atoms with Gasteiger partial charge in [-0.1, -0.05) is 23.7 Å². The van der Waals surface area contributed by atoms with Crippen molar-refractivity contribution in [3.63, 3.8) is 0 Å². The second-order valence-corrected chi connectivity index (χ2v) is 6.45. The summed E-state index contributed by atoms with van der Waals surface area (Å²) in [5, 5.41) is 3.12. The molecule has 1 saturated heterocycles. The van der Waals surface area contributed by atoms with E-state index in [2.05, 4.69) is 5.32 Å². The molecule has 8 heteroatoms. The number of nitrogens with zero attached hydrogens (tertiary/aromatic N) is 1. The maximum absolute atomic E-state index is 12.9. The second kappa shape index (κ2) is 8.26. The van der Waals surface area contributed by atoms with Gasteiger partial charge < -0.3 is 14.8 Å². The summed E-state index contributed by atoms with van der Waals surface area (Å²) in [7, 11) is 1.51. The number of hydrogen-bond donors (Lipinski definition) is 1. The van der Waals surface area contributed by atoms with Gasteiger partial charge in [0.1, 0.15) is 17.7 Å². The molecule has 0 aliphatic carbocycles. The van der Waals surface area contributed by atoms with Gasteiger partial charge in [-0.05, 0) is 35.9 Å². The van der Waals surface area contributed by atoms with Crippen molar-refractivity contribution in [2.24, 2.45) is 0 Å². The number of carbonyl (C=O) groups is 2. The number of methoxy groups -OCH3 is 1. The highest BCUT2D eigenvalue weighted by atomic mass is 35.5. The Kier molecular flexibility index (Phi) is 5.81. The predicted molar refractivity (Wildman–Crippen MR) is 98.7 cm³/mol. The van der Waals surface area contributed by atoms with Gasteiger partial charge in [0.25, 0.3) is 0 Å². The monoisotopic (exact) mass is 392 g/mol. The summed E-state index contributed by atoms with van der Waals surface area (Å²) < 4.78 is 23.3. The van der Waals surface area contributed by atoms with Gasteiger partial charge >= 0.3 is 6.09 Å². The Labute approximate surface area is 160 Å². The average molecular weight is 393 g/mol. The zero-order valence-electron chi connectivity index (χ0n) is 14.6. The van der Waals surface area contributed by atoms with Crippen LogP contribution in [0.4, 0.5) is 14.9 Å². The molecule has 0 saturated carbocycles. The molecule has 1 atom stereocenters. The van der Waals surface area contributed by atoms with Crippen LogP contribution in [0.15, 0.2) is 42.5 Å². The Morgan fingerprint density at radius 2 is 2.07 bits per heavy atom. The predicted octanol–water partition coefficient (Wildman–Crippen LogP) is 3.17. The molecule has 1 fully saturated rings. The van der Waals surface area contributed by atoms with Crippen molar-refractivity contribution in [3.8, 4) is 5.75 Å². The first-order chi connectivity index (χ1) is 13.0. The van der Waals surface area contributed by atoms with E-state index in [0.717, 1.165) is 0 Å². The van der Waals surface area contributed by atoms with Crippen molar-refractivity contribution in [2.45, 2.75) is 12.5 Å². The van der Waals surface area contributed by atoms with Crippen molar-refractivity contribution in [1.82, 2.24) is 5.32 Å². The van der Waals surface area contributed by atoms with E-state index in [1.165, 1.54) is 24.1 Å². The van der Waals surface area contributed by atoms with E-state index < -0.39 is 12.2 Å². The lowest BCUT2D eigenvalue weighted by atomic mass is 10.1. The quantitative estimate of drug-likeness (QED) is 0.820. The summed E-state index contributed by atoms with van der Waals surface area (Å²) in [6, 6.07) is 10.7. The summed E-state index contributed by atoms with van der Waals surface area (Å²) in [6.45, 7) is 0.477. The van der Waals surface area contributed by atoms with Crippen molar-refractivity contribution >= 4 is 29.3 Å². The number of ether oxygens (including phenoxy) is 2. The topological polar surface area (TPSA) is 67.9 Å². The highest BCUT2D eigenvalue weighted by Crippen LogP contribution is 2.31. The normalized spacial score (nSPS) is 16.2. The number of nitrogens with one attached hydrogen (secondary N) is 1. The molecule has 0 bridgehead atoms. The third-order valence-electron chi connectivity index (χ3n) is 4.13. The van der Waals surface area contributed by atoms with Crippen LogP contribution in [0.1, 0.15) is 5.56 Å². The zero-order valence-corrected chi connectivity index (χ0v) is 15.3. The molecule has 2 aromatic rings. The fourth-order valence-electron chi connectivity index (χ4n) is 2.74. The summed E-state index contributed by atoms with van der Waals surface area (Å²) in [5.41, 5.74) is 1.29. The van der Waals surface area contributed by atoms with Crippen LogP contribution in [0, 0.1) is 5.82 Å². The van der Waals surface area contributed by atoms with Crippen molar-refractivity contribution < 1.29 is 23.5 Å².